The molecule has 0 N–H and O–H groups in total. The average Bonchev–Trinajstić information content (AvgIpc) is 2.88. The Morgan fingerprint density at radius 2 is 1.72 bits per heavy atom. The lowest BCUT2D eigenvalue weighted by Gasteiger charge is -2.35. The Balaban J connectivity index is 1.69. The first kappa shape index (κ1) is 22.2. The number of hydrogen-bond donors (Lipinski definition) is 0. The van der Waals surface area contributed by atoms with E-state index in [-0.39, 0.29) is 45.9 Å². The maximum Gasteiger partial charge on any atom is 0.255 e. The van der Waals surface area contributed by atoms with Crippen molar-refractivity contribution in [3.8, 4) is 0 Å². The molecule has 6 rings (SSSR count). The van der Waals surface area contributed by atoms with E-state index in [4.69, 9.17) is 4.74 Å². The van der Waals surface area contributed by atoms with E-state index in [1.165, 1.54) is 0 Å². The number of aromatic nitrogens is 1. The zero-order chi connectivity index (χ0) is 25.1. The molecule has 3 aliphatic rings. The zero-order valence-electron chi connectivity index (χ0n) is 19.8. The van der Waals surface area contributed by atoms with Gasteiger partial charge in [0.15, 0.2) is 17.3 Å². The van der Waals surface area contributed by atoms with Gasteiger partial charge in [-0.2, -0.15) is 0 Å². The number of aryl methyl sites for hydroxylation is 1. The normalized spacial score (nSPS) is 19.1. The van der Waals surface area contributed by atoms with E-state index >= 15 is 0 Å². The van der Waals surface area contributed by atoms with Crippen LogP contribution >= 0.6 is 0 Å². The van der Waals surface area contributed by atoms with Crippen LogP contribution < -0.4 is 5.56 Å². The Bertz CT molecular complexity index is 1670. The van der Waals surface area contributed by atoms with Crippen molar-refractivity contribution in [2.45, 2.75) is 38.6 Å². The number of allylic oxidation sites excluding steroid dienone is 5. The Hall–Kier alpha value is -4.32. The second-order valence-electron chi connectivity index (χ2n) is 9.46. The predicted octanol–water partition coefficient (Wildman–Crippen LogP) is 4.95. The molecule has 0 spiro atoms. The highest BCUT2D eigenvalue weighted by Gasteiger charge is 2.47. The van der Waals surface area contributed by atoms with Crippen LogP contribution in [0.3, 0.4) is 0 Å². The van der Waals surface area contributed by atoms with Gasteiger partial charge in [0, 0.05) is 41.6 Å². The average molecular weight is 478 g/mol. The van der Waals surface area contributed by atoms with Crippen molar-refractivity contribution in [1.29, 1.82) is 0 Å². The van der Waals surface area contributed by atoms with Crippen LogP contribution in [-0.2, 0) is 16.1 Å². The van der Waals surface area contributed by atoms with Gasteiger partial charge in [0.1, 0.15) is 5.76 Å². The van der Waals surface area contributed by atoms with Gasteiger partial charge in [-0.15, -0.1) is 6.58 Å². The van der Waals surface area contributed by atoms with Gasteiger partial charge in [0.05, 0.1) is 17.0 Å². The SMILES string of the molecule is C=CCn1c(=O)c(C2C3=C(CCCC3=O)OC3=C2C(=O)c2ccccc2C3=O)cc2cc(C)ccc21. The summed E-state index contributed by atoms with van der Waals surface area (Å²) in [6, 6.07) is 14.1. The number of Topliss-reactive ketones (excluding diaryl/α,β-unsaturated/α-hetero) is 3. The molecule has 0 saturated carbocycles. The number of pyridine rings is 1. The molecule has 1 aromatic heterocycles. The molecule has 1 aliphatic heterocycles. The first-order valence-corrected chi connectivity index (χ1v) is 12.0. The third kappa shape index (κ3) is 3.10. The van der Waals surface area contributed by atoms with Gasteiger partial charge in [-0.05, 0) is 36.9 Å². The van der Waals surface area contributed by atoms with Gasteiger partial charge in [0.25, 0.3) is 5.56 Å². The summed E-state index contributed by atoms with van der Waals surface area (Å²) >= 11 is 0. The molecule has 1 unspecified atom stereocenters. The third-order valence-electron chi connectivity index (χ3n) is 7.22. The van der Waals surface area contributed by atoms with Crippen LogP contribution in [0.2, 0.25) is 0 Å². The van der Waals surface area contributed by atoms with Crippen LogP contribution in [0.25, 0.3) is 10.9 Å². The van der Waals surface area contributed by atoms with Crippen molar-refractivity contribution in [2.24, 2.45) is 0 Å². The molecule has 0 fully saturated rings. The number of nitrogens with zero attached hydrogens (tertiary/aromatic N) is 1. The second kappa shape index (κ2) is 8.12. The molecule has 0 bridgehead atoms. The fourth-order valence-corrected chi connectivity index (χ4v) is 5.62. The summed E-state index contributed by atoms with van der Waals surface area (Å²) in [5.74, 6) is -1.63. The summed E-state index contributed by atoms with van der Waals surface area (Å²) in [5, 5.41) is 0.806. The number of fused-ring (bicyclic) bond motifs is 2. The van der Waals surface area contributed by atoms with E-state index < -0.39 is 17.5 Å². The molecular weight excluding hydrogens is 454 g/mol. The molecule has 178 valence electrons. The summed E-state index contributed by atoms with van der Waals surface area (Å²) in [5.41, 5.74) is 2.61. The van der Waals surface area contributed by atoms with Crippen molar-refractivity contribution < 1.29 is 19.1 Å². The molecule has 2 aromatic carbocycles. The number of carbonyl (C=O) groups excluding carboxylic acids is 3. The highest BCUT2D eigenvalue weighted by atomic mass is 16.5. The highest BCUT2D eigenvalue weighted by Crippen LogP contribution is 2.47. The molecule has 0 amide bonds. The molecule has 2 heterocycles. The molecule has 2 aliphatic carbocycles. The lowest BCUT2D eigenvalue weighted by atomic mass is 9.72. The van der Waals surface area contributed by atoms with Crippen molar-refractivity contribution in [3.05, 3.63) is 116 Å². The minimum Gasteiger partial charge on any atom is -0.457 e. The Morgan fingerprint density at radius 1 is 0.972 bits per heavy atom. The van der Waals surface area contributed by atoms with E-state index in [1.807, 2.05) is 25.1 Å². The quantitative estimate of drug-likeness (QED) is 0.499. The molecule has 6 heteroatoms. The molecule has 6 nitrogen and oxygen atoms in total. The zero-order valence-corrected chi connectivity index (χ0v) is 19.8. The molecule has 36 heavy (non-hydrogen) atoms. The predicted molar refractivity (Wildman–Crippen MR) is 135 cm³/mol. The molecule has 1 atom stereocenters. The maximum absolute atomic E-state index is 14.0. The van der Waals surface area contributed by atoms with Crippen molar-refractivity contribution in [2.75, 3.05) is 0 Å². The summed E-state index contributed by atoms with van der Waals surface area (Å²) in [6.07, 6.45) is 2.99. The maximum atomic E-state index is 14.0. The summed E-state index contributed by atoms with van der Waals surface area (Å²) in [6.45, 7) is 6.02. The fourth-order valence-electron chi connectivity index (χ4n) is 5.62. The lowest BCUT2D eigenvalue weighted by molar-refractivity contribution is -0.116. The Kier molecular flexibility index (Phi) is 5.00. The van der Waals surface area contributed by atoms with Gasteiger partial charge in [0.2, 0.25) is 5.78 Å². The van der Waals surface area contributed by atoms with E-state index in [2.05, 4.69) is 6.58 Å². The first-order chi connectivity index (χ1) is 17.4. The highest BCUT2D eigenvalue weighted by molar-refractivity contribution is 6.27. The van der Waals surface area contributed by atoms with Crippen LogP contribution in [0.15, 0.2) is 88.6 Å². The van der Waals surface area contributed by atoms with E-state index in [0.29, 0.717) is 30.6 Å². The topological polar surface area (TPSA) is 82.4 Å². The number of carbonyl (C=O) groups is 3. The number of hydrogen-bond acceptors (Lipinski definition) is 5. The second-order valence-corrected chi connectivity index (χ2v) is 9.46. The van der Waals surface area contributed by atoms with Gasteiger partial charge >= 0.3 is 0 Å². The molecule has 3 aromatic rings. The monoisotopic (exact) mass is 477 g/mol. The fraction of sp³-hybridized carbons (Fsp3) is 0.200. The first-order valence-electron chi connectivity index (χ1n) is 12.0. The van der Waals surface area contributed by atoms with Crippen molar-refractivity contribution >= 4 is 28.3 Å². The summed E-state index contributed by atoms with van der Waals surface area (Å²) in [7, 11) is 0. The van der Waals surface area contributed by atoms with Crippen molar-refractivity contribution in [3.63, 3.8) is 0 Å². The number of benzene rings is 2. The minimum absolute atomic E-state index is 0.0713. The van der Waals surface area contributed by atoms with Gasteiger partial charge in [-0.3, -0.25) is 19.2 Å². The standard InChI is InChI=1S/C30H23NO5/c1-3-13-31-21-12-11-16(2)14-17(21)15-20(30(31)35)24-25-22(32)9-6-10-23(25)36-29-26(24)27(33)18-7-4-5-8-19(18)28(29)34/h3-5,7-8,11-12,14-15,24H,1,6,9-10,13H2,2H3. The number of rotatable bonds is 3. The van der Waals surface area contributed by atoms with E-state index in [1.54, 1.807) is 41.0 Å². The van der Waals surface area contributed by atoms with Crippen LogP contribution in [0.4, 0.5) is 0 Å². The Morgan fingerprint density at radius 3 is 2.47 bits per heavy atom. The Labute approximate surface area is 207 Å². The van der Waals surface area contributed by atoms with Crippen LogP contribution in [0, 0.1) is 6.92 Å². The lowest BCUT2D eigenvalue weighted by Crippen LogP contribution is -2.37. The summed E-state index contributed by atoms with van der Waals surface area (Å²) in [4.78, 5) is 54.6. The van der Waals surface area contributed by atoms with Gasteiger partial charge in [-0.25, -0.2) is 0 Å². The van der Waals surface area contributed by atoms with Crippen LogP contribution in [0.5, 0.6) is 0 Å². The largest absolute Gasteiger partial charge is 0.457 e. The van der Waals surface area contributed by atoms with Gasteiger partial charge in [-0.1, -0.05) is 42.0 Å². The molecule has 0 radical (unpaired) electrons. The smallest absolute Gasteiger partial charge is 0.255 e. The minimum atomic E-state index is -0.977. The number of ketones is 3. The number of ether oxygens (including phenoxy) is 1. The third-order valence-corrected chi connectivity index (χ3v) is 7.22. The van der Waals surface area contributed by atoms with Crippen LogP contribution in [0.1, 0.15) is 57.0 Å². The van der Waals surface area contributed by atoms with Crippen molar-refractivity contribution in [1.82, 2.24) is 4.57 Å². The van der Waals surface area contributed by atoms with E-state index in [0.717, 1.165) is 16.5 Å². The summed E-state index contributed by atoms with van der Waals surface area (Å²) < 4.78 is 7.62. The molecule has 0 saturated heterocycles. The van der Waals surface area contributed by atoms with E-state index in [9.17, 15) is 19.2 Å². The van der Waals surface area contributed by atoms with Gasteiger partial charge < -0.3 is 9.30 Å². The van der Waals surface area contributed by atoms with Crippen LogP contribution in [-0.4, -0.2) is 21.9 Å². The molecular formula is C30H23NO5.